The maximum absolute atomic E-state index is 13.0. The van der Waals surface area contributed by atoms with Crippen LogP contribution in [-0.4, -0.2) is 31.1 Å². The van der Waals surface area contributed by atoms with Crippen LogP contribution in [0, 0.1) is 35.5 Å². The highest BCUT2D eigenvalue weighted by atomic mass is 16.5. The van der Waals surface area contributed by atoms with Crippen molar-refractivity contribution in [2.24, 2.45) is 28.6 Å². The Morgan fingerprint density at radius 2 is 1.94 bits per heavy atom. The van der Waals surface area contributed by atoms with E-state index in [9.17, 15) is 14.7 Å². The average molecular weight is 431 g/mol. The molecule has 2 fully saturated rings. The van der Waals surface area contributed by atoms with Gasteiger partial charge in [-0.15, -0.1) is 0 Å². The van der Waals surface area contributed by atoms with Crippen molar-refractivity contribution in [3.05, 3.63) is 23.3 Å². The van der Waals surface area contributed by atoms with Crippen molar-refractivity contribution in [1.82, 2.24) is 0 Å². The lowest BCUT2D eigenvalue weighted by Crippen LogP contribution is -2.56. The summed E-state index contributed by atoms with van der Waals surface area (Å²) in [5, 5.41) is 10.8. The minimum absolute atomic E-state index is 0.0620. The van der Waals surface area contributed by atoms with Gasteiger partial charge in [0.2, 0.25) is 0 Å². The zero-order chi connectivity index (χ0) is 23.0. The minimum atomic E-state index is -0.248. The molecule has 5 nitrogen and oxygen atoms in total. The molecule has 172 valence electrons. The molecule has 0 spiro atoms. The molecule has 2 aliphatic rings. The van der Waals surface area contributed by atoms with Gasteiger partial charge in [0, 0.05) is 18.8 Å². The second kappa shape index (κ2) is 8.84. The number of rotatable bonds is 6. The van der Waals surface area contributed by atoms with E-state index in [0.29, 0.717) is 36.2 Å². The average Bonchev–Trinajstić information content (AvgIpc) is 2.73. The zero-order valence-electron chi connectivity index (χ0n) is 19.9. The van der Waals surface area contributed by atoms with Crippen molar-refractivity contribution in [3.63, 3.8) is 0 Å². The number of phenolic OH excluding ortho intramolecular Hbond substituents is 1. The van der Waals surface area contributed by atoms with E-state index in [0.717, 1.165) is 42.6 Å². The summed E-state index contributed by atoms with van der Waals surface area (Å²) >= 11 is 0. The molecule has 1 N–H and O–H groups in total. The van der Waals surface area contributed by atoms with Crippen molar-refractivity contribution < 1.29 is 24.2 Å². The first-order chi connectivity index (χ1) is 14.6. The highest BCUT2D eigenvalue weighted by Crippen LogP contribution is 2.63. The number of hydrogen-bond acceptors (Lipinski definition) is 5. The number of hydrogen-bond donors (Lipinski definition) is 1. The van der Waals surface area contributed by atoms with Crippen LogP contribution in [0.2, 0.25) is 0 Å². The van der Waals surface area contributed by atoms with E-state index in [1.165, 1.54) is 7.11 Å². The number of fused-ring (bicyclic) bond motifs is 1. The van der Waals surface area contributed by atoms with E-state index in [1.54, 1.807) is 7.11 Å². The van der Waals surface area contributed by atoms with E-state index >= 15 is 0 Å². The number of benzene rings is 1. The van der Waals surface area contributed by atoms with Crippen molar-refractivity contribution in [2.45, 2.75) is 72.6 Å². The molecule has 0 amide bonds. The fourth-order valence-electron chi connectivity index (χ4n) is 6.67. The second-order valence-electron chi connectivity index (χ2n) is 10.3. The van der Waals surface area contributed by atoms with Gasteiger partial charge in [-0.25, -0.2) is 0 Å². The second-order valence-corrected chi connectivity index (χ2v) is 10.3. The van der Waals surface area contributed by atoms with Gasteiger partial charge in [0.1, 0.15) is 17.3 Å². The number of ketones is 1. The lowest BCUT2D eigenvalue weighted by molar-refractivity contribution is -0.152. The summed E-state index contributed by atoms with van der Waals surface area (Å²) in [6.07, 6.45) is 5.07. The first-order valence-corrected chi connectivity index (χ1v) is 11.5. The quantitative estimate of drug-likeness (QED) is 0.625. The number of aromatic hydroxyl groups is 1. The van der Waals surface area contributed by atoms with Gasteiger partial charge >= 0.3 is 5.97 Å². The molecule has 0 saturated heterocycles. The van der Waals surface area contributed by atoms with Gasteiger partial charge in [-0.05, 0) is 85.0 Å². The molecule has 1 aromatic carbocycles. The van der Waals surface area contributed by atoms with Crippen molar-refractivity contribution >= 4 is 11.8 Å². The van der Waals surface area contributed by atoms with E-state index in [2.05, 4.69) is 20.8 Å². The van der Waals surface area contributed by atoms with Gasteiger partial charge in [-0.3, -0.25) is 9.59 Å². The lowest BCUT2D eigenvalue weighted by Gasteiger charge is -2.60. The Balaban J connectivity index is 1.96. The SMILES string of the molecule is COC(=O)CC[C@H]1C(=O)CC[C@H]2[C@](C)(Cc3cc(OC)cc(C)c3O)[C@H](C)CC[C@@]21C. The van der Waals surface area contributed by atoms with Crippen LogP contribution in [0.5, 0.6) is 11.5 Å². The Hall–Kier alpha value is -2.04. The number of methoxy groups -OCH3 is 2. The van der Waals surface area contributed by atoms with Crippen LogP contribution in [0.3, 0.4) is 0 Å². The van der Waals surface area contributed by atoms with Gasteiger partial charge in [-0.2, -0.15) is 0 Å². The molecule has 0 bridgehead atoms. The number of esters is 1. The first-order valence-electron chi connectivity index (χ1n) is 11.5. The molecule has 0 unspecified atom stereocenters. The predicted octanol–water partition coefficient (Wildman–Crippen LogP) is 5.24. The van der Waals surface area contributed by atoms with Crippen molar-refractivity contribution in [1.29, 1.82) is 0 Å². The highest BCUT2D eigenvalue weighted by Gasteiger charge is 2.58. The standard InChI is InChI=1S/C26H38O5/c1-16-13-19(30-5)14-18(24(16)29)15-26(4)17(2)11-12-25(3)20(7-10-23(28)31-6)21(27)8-9-22(25)26/h13-14,17,20,22,29H,7-12,15H2,1-6H3/t17-,20+,22-,25-,26-/m1/s1. The largest absolute Gasteiger partial charge is 0.507 e. The first kappa shape index (κ1) is 23.6. The Morgan fingerprint density at radius 1 is 1.23 bits per heavy atom. The van der Waals surface area contributed by atoms with Gasteiger partial charge in [0.05, 0.1) is 14.2 Å². The molecule has 0 heterocycles. The summed E-state index contributed by atoms with van der Waals surface area (Å²) in [5.41, 5.74) is 1.53. The fourth-order valence-corrected chi connectivity index (χ4v) is 6.67. The maximum Gasteiger partial charge on any atom is 0.305 e. The number of carbonyl (C=O) groups is 2. The molecule has 5 heteroatoms. The van der Waals surface area contributed by atoms with Gasteiger partial charge < -0.3 is 14.6 Å². The Morgan fingerprint density at radius 3 is 2.58 bits per heavy atom. The van der Waals surface area contributed by atoms with E-state index in [1.807, 2.05) is 19.1 Å². The van der Waals surface area contributed by atoms with Gasteiger partial charge in [0.15, 0.2) is 0 Å². The van der Waals surface area contributed by atoms with Crippen LogP contribution < -0.4 is 4.74 Å². The normalized spacial score (nSPS) is 33.0. The van der Waals surface area contributed by atoms with Crippen LogP contribution in [0.25, 0.3) is 0 Å². The number of aryl methyl sites for hydroxylation is 1. The molecule has 1 aromatic rings. The number of Topliss-reactive ketones (excluding diaryl/α,β-unsaturated/α-hetero) is 1. The molecule has 2 saturated carbocycles. The molecule has 3 rings (SSSR count). The summed E-state index contributed by atoms with van der Waals surface area (Å²) in [4.78, 5) is 24.8. The van der Waals surface area contributed by atoms with E-state index in [-0.39, 0.29) is 29.1 Å². The summed E-state index contributed by atoms with van der Waals surface area (Å²) in [7, 11) is 3.05. The summed E-state index contributed by atoms with van der Waals surface area (Å²) in [6, 6.07) is 3.81. The molecule has 0 aromatic heterocycles. The molecule has 31 heavy (non-hydrogen) atoms. The topological polar surface area (TPSA) is 72.8 Å². The number of carbonyl (C=O) groups excluding carboxylic acids is 2. The van der Waals surface area contributed by atoms with Crippen molar-refractivity contribution in [2.75, 3.05) is 14.2 Å². The minimum Gasteiger partial charge on any atom is -0.507 e. The third-order valence-corrected chi connectivity index (χ3v) is 8.72. The Bertz CT molecular complexity index is 846. The number of phenols is 1. The van der Waals surface area contributed by atoms with Gasteiger partial charge in [0.25, 0.3) is 0 Å². The molecule has 0 radical (unpaired) electrons. The molecule has 0 aliphatic heterocycles. The van der Waals surface area contributed by atoms with E-state index in [4.69, 9.17) is 9.47 Å². The zero-order valence-corrected chi connectivity index (χ0v) is 19.9. The molecular weight excluding hydrogens is 392 g/mol. The van der Waals surface area contributed by atoms with Gasteiger partial charge in [-0.1, -0.05) is 20.8 Å². The summed E-state index contributed by atoms with van der Waals surface area (Å²) in [5.74, 6) is 1.84. The van der Waals surface area contributed by atoms with E-state index < -0.39 is 0 Å². The van der Waals surface area contributed by atoms with Crippen LogP contribution >= 0.6 is 0 Å². The Kier molecular flexibility index (Phi) is 6.73. The molecular formula is C26H38O5. The maximum atomic E-state index is 13.0. The third kappa shape index (κ3) is 4.20. The van der Waals surface area contributed by atoms with Crippen molar-refractivity contribution in [3.8, 4) is 11.5 Å². The monoisotopic (exact) mass is 430 g/mol. The van der Waals surface area contributed by atoms with Crippen LogP contribution in [0.15, 0.2) is 12.1 Å². The van der Waals surface area contributed by atoms with Crippen LogP contribution in [-0.2, 0) is 20.7 Å². The molecule has 5 atom stereocenters. The number of ether oxygens (including phenoxy) is 2. The summed E-state index contributed by atoms with van der Waals surface area (Å²) < 4.78 is 10.3. The highest BCUT2D eigenvalue weighted by molar-refractivity contribution is 5.83. The third-order valence-electron chi connectivity index (χ3n) is 8.72. The fraction of sp³-hybridized carbons (Fsp3) is 0.692. The predicted molar refractivity (Wildman–Crippen MR) is 120 cm³/mol. The smallest absolute Gasteiger partial charge is 0.305 e. The Labute approximate surface area is 186 Å². The summed E-state index contributed by atoms with van der Waals surface area (Å²) in [6.45, 7) is 8.81. The lowest BCUT2D eigenvalue weighted by atomic mass is 9.44. The van der Waals surface area contributed by atoms with Crippen LogP contribution in [0.1, 0.15) is 70.4 Å². The molecule has 2 aliphatic carbocycles. The van der Waals surface area contributed by atoms with Crippen LogP contribution in [0.4, 0.5) is 0 Å².